The zero-order valence-corrected chi connectivity index (χ0v) is 12.7. The van der Waals surface area contributed by atoms with Crippen LogP contribution in [0.4, 0.5) is 0 Å². The third kappa shape index (κ3) is 3.57. The van der Waals surface area contributed by atoms with Crippen molar-refractivity contribution in [2.75, 3.05) is 27.9 Å². The SMILES string of the molecule is COc1cc(OC)c(CNCCC2CCC2)c(OC)c1. The summed E-state index contributed by atoms with van der Waals surface area (Å²) in [7, 11) is 4.99. The van der Waals surface area contributed by atoms with Crippen molar-refractivity contribution in [1.82, 2.24) is 5.32 Å². The van der Waals surface area contributed by atoms with Crippen molar-refractivity contribution in [2.45, 2.75) is 32.2 Å². The van der Waals surface area contributed by atoms with Gasteiger partial charge < -0.3 is 19.5 Å². The first-order chi connectivity index (χ1) is 9.78. The third-order valence-electron chi connectivity index (χ3n) is 4.07. The lowest BCUT2D eigenvalue weighted by molar-refractivity contribution is 0.291. The molecule has 1 aromatic rings. The number of methoxy groups -OCH3 is 3. The van der Waals surface area contributed by atoms with Gasteiger partial charge in [-0.3, -0.25) is 0 Å². The minimum atomic E-state index is 0.747. The van der Waals surface area contributed by atoms with Crippen molar-refractivity contribution in [1.29, 1.82) is 0 Å². The Labute approximate surface area is 121 Å². The van der Waals surface area contributed by atoms with Crippen LogP contribution in [0.1, 0.15) is 31.2 Å². The number of hydrogen-bond acceptors (Lipinski definition) is 4. The Bertz CT molecular complexity index is 405. The van der Waals surface area contributed by atoms with E-state index in [4.69, 9.17) is 14.2 Å². The molecule has 0 spiro atoms. The first-order valence-corrected chi connectivity index (χ1v) is 7.28. The Morgan fingerprint density at radius 1 is 1.05 bits per heavy atom. The minimum Gasteiger partial charge on any atom is -0.496 e. The van der Waals surface area contributed by atoms with Crippen LogP contribution in [0.25, 0.3) is 0 Å². The molecule has 1 N–H and O–H groups in total. The normalized spacial score (nSPS) is 14.8. The number of nitrogens with one attached hydrogen (secondary N) is 1. The zero-order chi connectivity index (χ0) is 14.4. The maximum Gasteiger partial charge on any atom is 0.130 e. The molecule has 20 heavy (non-hydrogen) atoms. The van der Waals surface area contributed by atoms with Gasteiger partial charge in [-0.1, -0.05) is 19.3 Å². The second kappa shape index (κ2) is 7.39. The quantitative estimate of drug-likeness (QED) is 0.743. The Hall–Kier alpha value is -1.42. The van der Waals surface area contributed by atoms with Gasteiger partial charge in [0.1, 0.15) is 17.2 Å². The van der Waals surface area contributed by atoms with E-state index in [-0.39, 0.29) is 0 Å². The first-order valence-electron chi connectivity index (χ1n) is 7.28. The smallest absolute Gasteiger partial charge is 0.130 e. The van der Waals surface area contributed by atoms with Crippen LogP contribution in [0, 0.1) is 5.92 Å². The summed E-state index contributed by atoms with van der Waals surface area (Å²) in [5.41, 5.74) is 1.05. The molecule has 0 saturated heterocycles. The van der Waals surface area contributed by atoms with E-state index >= 15 is 0 Å². The van der Waals surface area contributed by atoms with Crippen molar-refractivity contribution in [3.8, 4) is 17.2 Å². The van der Waals surface area contributed by atoms with E-state index in [1.165, 1.54) is 25.7 Å². The molecule has 0 aromatic heterocycles. The molecule has 1 fully saturated rings. The van der Waals surface area contributed by atoms with Crippen molar-refractivity contribution in [2.24, 2.45) is 5.92 Å². The highest BCUT2D eigenvalue weighted by Crippen LogP contribution is 2.34. The van der Waals surface area contributed by atoms with Gasteiger partial charge in [-0.15, -0.1) is 0 Å². The monoisotopic (exact) mass is 279 g/mol. The largest absolute Gasteiger partial charge is 0.496 e. The lowest BCUT2D eigenvalue weighted by atomic mass is 9.83. The average Bonchev–Trinajstić information content (AvgIpc) is 2.44. The molecule has 0 bridgehead atoms. The summed E-state index contributed by atoms with van der Waals surface area (Å²) in [6, 6.07) is 3.79. The van der Waals surface area contributed by atoms with Crippen molar-refractivity contribution in [3.63, 3.8) is 0 Å². The van der Waals surface area contributed by atoms with Crippen LogP contribution in [0.15, 0.2) is 12.1 Å². The van der Waals surface area contributed by atoms with E-state index < -0.39 is 0 Å². The molecule has 0 amide bonds. The molecule has 0 heterocycles. The van der Waals surface area contributed by atoms with Crippen LogP contribution in [-0.4, -0.2) is 27.9 Å². The van der Waals surface area contributed by atoms with Crippen LogP contribution in [-0.2, 0) is 6.54 Å². The van der Waals surface area contributed by atoms with Gasteiger partial charge >= 0.3 is 0 Å². The van der Waals surface area contributed by atoms with Crippen molar-refractivity contribution < 1.29 is 14.2 Å². The van der Waals surface area contributed by atoms with Gasteiger partial charge in [-0.2, -0.15) is 0 Å². The highest BCUT2D eigenvalue weighted by Gasteiger charge is 2.17. The molecule has 0 unspecified atom stereocenters. The molecular weight excluding hydrogens is 254 g/mol. The van der Waals surface area contributed by atoms with Crippen molar-refractivity contribution >= 4 is 0 Å². The summed E-state index contributed by atoms with van der Waals surface area (Å²) in [6.45, 7) is 1.80. The van der Waals surface area contributed by atoms with E-state index in [0.717, 1.165) is 41.8 Å². The van der Waals surface area contributed by atoms with Crippen LogP contribution in [0.2, 0.25) is 0 Å². The summed E-state index contributed by atoms with van der Waals surface area (Å²) in [6.07, 6.45) is 5.47. The van der Waals surface area contributed by atoms with E-state index in [9.17, 15) is 0 Å². The van der Waals surface area contributed by atoms with E-state index in [1.807, 2.05) is 12.1 Å². The summed E-state index contributed by atoms with van der Waals surface area (Å²) < 4.78 is 16.1. The molecule has 4 heteroatoms. The number of rotatable bonds is 8. The predicted octanol–water partition coefficient (Wildman–Crippen LogP) is 2.99. The molecule has 1 saturated carbocycles. The second-order valence-electron chi connectivity index (χ2n) is 5.27. The lowest BCUT2D eigenvalue weighted by Crippen LogP contribution is -2.21. The fraction of sp³-hybridized carbons (Fsp3) is 0.625. The molecule has 0 atom stereocenters. The van der Waals surface area contributed by atoms with Gasteiger partial charge in [0.25, 0.3) is 0 Å². The molecule has 1 aliphatic rings. The second-order valence-corrected chi connectivity index (χ2v) is 5.27. The fourth-order valence-electron chi connectivity index (χ4n) is 2.55. The highest BCUT2D eigenvalue weighted by atomic mass is 16.5. The summed E-state index contributed by atoms with van der Waals surface area (Å²) in [4.78, 5) is 0. The summed E-state index contributed by atoms with van der Waals surface area (Å²) in [5, 5.41) is 3.49. The molecule has 1 aliphatic carbocycles. The maximum atomic E-state index is 5.44. The Balaban J connectivity index is 1.96. The molecule has 0 aliphatic heterocycles. The topological polar surface area (TPSA) is 39.7 Å². The molecule has 112 valence electrons. The molecule has 1 aromatic carbocycles. The van der Waals surface area contributed by atoms with Crippen LogP contribution in [0.3, 0.4) is 0 Å². The Morgan fingerprint density at radius 3 is 2.15 bits per heavy atom. The summed E-state index contributed by atoms with van der Waals surface area (Å²) in [5.74, 6) is 3.29. The van der Waals surface area contributed by atoms with E-state index in [1.54, 1.807) is 21.3 Å². The van der Waals surface area contributed by atoms with Gasteiger partial charge in [-0.25, -0.2) is 0 Å². The predicted molar refractivity (Wildman–Crippen MR) is 79.8 cm³/mol. The van der Waals surface area contributed by atoms with E-state index in [2.05, 4.69) is 5.32 Å². The van der Waals surface area contributed by atoms with Gasteiger partial charge in [0.05, 0.1) is 26.9 Å². The van der Waals surface area contributed by atoms with Gasteiger partial charge in [0.2, 0.25) is 0 Å². The highest BCUT2D eigenvalue weighted by molar-refractivity contribution is 5.50. The van der Waals surface area contributed by atoms with Gasteiger partial charge in [0.15, 0.2) is 0 Å². The standard InChI is InChI=1S/C16H25NO3/c1-18-13-9-15(19-2)14(16(10-13)20-3)11-17-8-7-12-5-4-6-12/h9-10,12,17H,4-8,11H2,1-3H3. The maximum absolute atomic E-state index is 5.44. The number of benzene rings is 1. The molecule has 2 rings (SSSR count). The average molecular weight is 279 g/mol. The van der Waals surface area contributed by atoms with Gasteiger partial charge in [-0.05, 0) is 18.9 Å². The fourth-order valence-corrected chi connectivity index (χ4v) is 2.55. The molecule has 0 radical (unpaired) electrons. The van der Waals surface area contributed by atoms with E-state index in [0.29, 0.717) is 0 Å². The van der Waals surface area contributed by atoms with Crippen molar-refractivity contribution in [3.05, 3.63) is 17.7 Å². The number of hydrogen-bond donors (Lipinski definition) is 1. The minimum absolute atomic E-state index is 0.747. The van der Waals surface area contributed by atoms with Crippen LogP contribution >= 0.6 is 0 Å². The van der Waals surface area contributed by atoms with Gasteiger partial charge in [0, 0.05) is 18.7 Å². The third-order valence-corrected chi connectivity index (χ3v) is 4.07. The lowest BCUT2D eigenvalue weighted by Gasteiger charge is -2.25. The number of ether oxygens (including phenoxy) is 3. The van der Waals surface area contributed by atoms with Crippen LogP contribution < -0.4 is 19.5 Å². The molecule has 4 nitrogen and oxygen atoms in total. The van der Waals surface area contributed by atoms with Crippen LogP contribution in [0.5, 0.6) is 17.2 Å². The Morgan fingerprint density at radius 2 is 1.70 bits per heavy atom. The zero-order valence-electron chi connectivity index (χ0n) is 12.7. The summed E-state index contributed by atoms with van der Waals surface area (Å²) >= 11 is 0. The molecular formula is C16H25NO3. The Kier molecular flexibility index (Phi) is 5.53. The first kappa shape index (κ1) is 15.0.